The molecule has 2 N–H and O–H groups in total. The number of piperazine rings is 1. The number of nitrogen functional groups attached to an aromatic ring is 1. The third-order valence-electron chi connectivity index (χ3n) is 6.00. The Morgan fingerprint density at radius 1 is 0.968 bits per heavy atom. The molecule has 2 aromatic heterocycles. The van der Waals surface area contributed by atoms with Gasteiger partial charge in [0.25, 0.3) is 0 Å². The maximum Gasteiger partial charge on any atom is 0.165 e. The molecule has 3 heterocycles. The fourth-order valence-electron chi connectivity index (χ4n) is 4.27. The molecule has 1 aliphatic heterocycles. The molecular formula is C24H25ClN6. The second kappa shape index (κ2) is 7.87. The Morgan fingerprint density at radius 3 is 2.48 bits per heavy atom. The first kappa shape index (κ1) is 19.8. The van der Waals surface area contributed by atoms with E-state index in [0.29, 0.717) is 10.8 Å². The van der Waals surface area contributed by atoms with Gasteiger partial charge < -0.3 is 15.5 Å². The van der Waals surface area contributed by atoms with E-state index in [2.05, 4.69) is 46.2 Å². The van der Waals surface area contributed by atoms with Gasteiger partial charge in [0.15, 0.2) is 5.65 Å². The van der Waals surface area contributed by atoms with E-state index in [1.54, 1.807) is 4.52 Å². The molecule has 7 heteroatoms. The summed E-state index contributed by atoms with van der Waals surface area (Å²) in [7, 11) is 2.17. The fourth-order valence-corrected chi connectivity index (χ4v) is 4.46. The summed E-state index contributed by atoms with van der Waals surface area (Å²) in [5, 5.41) is 5.24. The van der Waals surface area contributed by atoms with Crippen LogP contribution in [0.1, 0.15) is 5.69 Å². The Morgan fingerprint density at radius 2 is 1.71 bits per heavy atom. The quantitative estimate of drug-likeness (QED) is 0.521. The number of benzene rings is 2. The number of rotatable bonds is 3. The van der Waals surface area contributed by atoms with Crippen molar-refractivity contribution < 1.29 is 0 Å². The van der Waals surface area contributed by atoms with Gasteiger partial charge in [-0.25, -0.2) is 4.98 Å². The summed E-state index contributed by atoms with van der Waals surface area (Å²) in [5.74, 6) is 0.561. The Labute approximate surface area is 186 Å². The number of anilines is 2. The standard InChI is InChI=1S/C24H25ClN6/c1-16-22(18-6-3-7-19(25)13-18)23(26)31-24(28-16)21(15-27-31)17-5-4-8-20(14-17)30-11-9-29(2)10-12-30/h3-8,13-15H,9-12,26H2,1-2H3. The van der Waals surface area contributed by atoms with Gasteiger partial charge in [0.05, 0.1) is 11.9 Å². The van der Waals surface area contributed by atoms with Crippen LogP contribution in [0.5, 0.6) is 0 Å². The molecule has 1 saturated heterocycles. The van der Waals surface area contributed by atoms with E-state index in [4.69, 9.17) is 22.3 Å². The number of hydrogen-bond acceptors (Lipinski definition) is 5. The predicted octanol–water partition coefficient (Wildman–Crippen LogP) is 4.36. The van der Waals surface area contributed by atoms with Gasteiger partial charge in [-0.1, -0.05) is 35.9 Å². The first-order chi connectivity index (χ1) is 15.0. The largest absolute Gasteiger partial charge is 0.383 e. The molecule has 6 nitrogen and oxygen atoms in total. The van der Waals surface area contributed by atoms with Crippen LogP contribution in [-0.2, 0) is 0 Å². The van der Waals surface area contributed by atoms with E-state index in [9.17, 15) is 0 Å². The fraction of sp³-hybridized carbons (Fsp3) is 0.250. The van der Waals surface area contributed by atoms with E-state index < -0.39 is 0 Å². The Bertz CT molecular complexity index is 1260. The Hall–Kier alpha value is -3.09. The van der Waals surface area contributed by atoms with Crippen LogP contribution in [0.3, 0.4) is 0 Å². The lowest BCUT2D eigenvalue weighted by atomic mass is 10.0. The number of fused-ring (bicyclic) bond motifs is 1. The van der Waals surface area contributed by atoms with Crippen LogP contribution in [0.25, 0.3) is 27.9 Å². The highest BCUT2D eigenvalue weighted by molar-refractivity contribution is 6.30. The number of nitrogens with two attached hydrogens (primary N) is 1. The smallest absolute Gasteiger partial charge is 0.165 e. The van der Waals surface area contributed by atoms with Gasteiger partial charge in [0, 0.05) is 48.0 Å². The zero-order chi connectivity index (χ0) is 21.5. The van der Waals surface area contributed by atoms with Crippen molar-refractivity contribution in [3.63, 3.8) is 0 Å². The lowest BCUT2D eigenvalue weighted by Gasteiger charge is -2.34. The van der Waals surface area contributed by atoms with Crippen molar-refractivity contribution in [3.05, 3.63) is 65.4 Å². The maximum atomic E-state index is 6.56. The minimum absolute atomic E-state index is 0.561. The minimum atomic E-state index is 0.561. The molecular weight excluding hydrogens is 408 g/mol. The third-order valence-corrected chi connectivity index (χ3v) is 6.24. The van der Waals surface area contributed by atoms with Gasteiger partial charge in [-0.3, -0.25) is 0 Å². The van der Waals surface area contributed by atoms with Gasteiger partial charge in [-0.15, -0.1) is 0 Å². The maximum absolute atomic E-state index is 6.56. The number of aromatic nitrogens is 3. The number of halogens is 1. The highest BCUT2D eigenvalue weighted by Crippen LogP contribution is 2.34. The SMILES string of the molecule is Cc1nc2c(-c3cccc(N4CCN(C)CC4)c3)cnn2c(N)c1-c1cccc(Cl)c1. The van der Waals surface area contributed by atoms with Crippen LogP contribution in [0.2, 0.25) is 5.02 Å². The first-order valence-electron chi connectivity index (χ1n) is 10.4. The average molecular weight is 433 g/mol. The summed E-state index contributed by atoms with van der Waals surface area (Å²) in [5.41, 5.74) is 13.3. The minimum Gasteiger partial charge on any atom is -0.383 e. The molecule has 2 aromatic carbocycles. The Balaban J connectivity index is 1.57. The molecule has 0 unspecified atom stereocenters. The molecule has 0 aliphatic carbocycles. The molecule has 5 rings (SSSR count). The highest BCUT2D eigenvalue weighted by Gasteiger charge is 2.19. The number of hydrogen-bond donors (Lipinski definition) is 1. The zero-order valence-corrected chi connectivity index (χ0v) is 18.5. The molecule has 158 valence electrons. The van der Waals surface area contributed by atoms with Crippen LogP contribution in [0.15, 0.2) is 54.7 Å². The second-order valence-electron chi connectivity index (χ2n) is 8.10. The normalized spacial score (nSPS) is 15.0. The van der Waals surface area contributed by atoms with Crippen molar-refractivity contribution in [2.75, 3.05) is 43.9 Å². The van der Waals surface area contributed by atoms with Crippen LogP contribution in [0.4, 0.5) is 11.5 Å². The molecule has 0 saturated carbocycles. The Kier molecular flexibility index (Phi) is 5.04. The van der Waals surface area contributed by atoms with E-state index in [-0.39, 0.29) is 0 Å². The summed E-state index contributed by atoms with van der Waals surface area (Å²) >= 11 is 6.20. The topological polar surface area (TPSA) is 62.7 Å². The summed E-state index contributed by atoms with van der Waals surface area (Å²) < 4.78 is 1.72. The van der Waals surface area contributed by atoms with Crippen molar-refractivity contribution in [3.8, 4) is 22.3 Å². The lowest BCUT2D eigenvalue weighted by Crippen LogP contribution is -2.44. The number of aryl methyl sites for hydroxylation is 1. The molecule has 0 amide bonds. The zero-order valence-electron chi connectivity index (χ0n) is 17.7. The molecule has 0 radical (unpaired) electrons. The highest BCUT2D eigenvalue weighted by atomic mass is 35.5. The van der Waals surface area contributed by atoms with Gasteiger partial charge >= 0.3 is 0 Å². The van der Waals surface area contributed by atoms with Crippen molar-refractivity contribution >= 4 is 28.8 Å². The van der Waals surface area contributed by atoms with Gasteiger partial charge in [0.2, 0.25) is 0 Å². The van der Waals surface area contributed by atoms with E-state index in [1.165, 1.54) is 5.69 Å². The van der Waals surface area contributed by atoms with Crippen molar-refractivity contribution in [1.29, 1.82) is 0 Å². The summed E-state index contributed by atoms with van der Waals surface area (Å²) in [6, 6.07) is 16.3. The third kappa shape index (κ3) is 3.62. The van der Waals surface area contributed by atoms with Crippen LogP contribution < -0.4 is 10.6 Å². The van der Waals surface area contributed by atoms with E-state index in [0.717, 1.165) is 59.8 Å². The van der Waals surface area contributed by atoms with Crippen molar-refractivity contribution in [1.82, 2.24) is 19.5 Å². The van der Waals surface area contributed by atoms with Crippen molar-refractivity contribution in [2.24, 2.45) is 0 Å². The molecule has 31 heavy (non-hydrogen) atoms. The van der Waals surface area contributed by atoms with Gasteiger partial charge in [-0.2, -0.15) is 9.61 Å². The molecule has 0 atom stereocenters. The van der Waals surface area contributed by atoms with Crippen LogP contribution in [-0.4, -0.2) is 52.7 Å². The molecule has 1 fully saturated rings. The summed E-state index contributed by atoms with van der Waals surface area (Å²) in [4.78, 5) is 9.68. The van der Waals surface area contributed by atoms with Gasteiger partial charge in [-0.05, 0) is 49.4 Å². The second-order valence-corrected chi connectivity index (χ2v) is 8.54. The molecule has 1 aliphatic rings. The average Bonchev–Trinajstić information content (AvgIpc) is 3.18. The monoisotopic (exact) mass is 432 g/mol. The summed E-state index contributed by atoms with van der Waals surface area (Å²) in [6.07, 6.45) is 1.85. The number of likely N-dealkylation sites (N-methyl/N-ethyl adjacent to an activating group) is 1. The molecule has 4 aromatic rings. The number of nitrogens with zero attached hydrogens (tertiary/aromatic N) is 5. The van der Waals surface area contributed by atoms with Crippen LogP contribution in [0, 0.1) is 6.92 Å². The summed E-state index contributed by atoms with van der Waals surface area (Å²) in [6.45, 7) is 6.18. The van der Waals surface area contributed by atoms with E-state index >= 15 is 0 Å². The molecule has 0 bridgehead atoms. The lowest BCUT2D eigenvalue weighted by molar-refractivity contribution is 0.313. The molecule has 0 spiro atoms. The first-order valence-corrected chi connectivity index (χ1v) is 10.8. The predicted molar refractivity (Wildman–Crippen MR) is 128 cm³/mol. The van der Waals surface area contributed by atoms with Crippen molar-refractivity contribution in [2.45, 2.75) is 6.92 Å². The van der Waals surface area contributed by atoms with Crippen LogP contribution >= 0.6 is 11.6 Å². The van der Waals surface area contributed by atoms with Gasteiger partial charge in [0.1, 0.15) is 5.82 Å². The van der Waals surface area contributed by atoms with E-state index in [1.807, 2.05) is 37.4 Å².